The Bertz CT molecular complexity index is 1060. The Balaban J connectivity index is 1.63. The number of anilines is 1. The number of rotatable bonds is 3. The van der Waals surface area contributed by atoms with E-state index in [2.05, 4.69) is 10.4 Å². The number of amides is 1. The van der Waals surface area contributed by atoms with Crippen molar-refractivity contribution in [1.82, 2.24) is 14.2 Å². The molecule has 0 radical (unpaired) electrons. The maximum atomic E-state index is 12.9. The molecule has 0 saturated carbocycles. The van der Waals surface area contributed by atoms with Crippen molar-refractivity contribution in [3.05, 3.63) is 63.3 Å². The van der Waals surface area contributed by atoms with Crippen LogP contribution in [0, 0.1) is 13.8 Å². The Hall–Kier alpha value is -2.89. The SMILES string of the molecule is Cc1cccc(NC(=O)Cn2ccn3nc4c(c3c2=O)CCCC4)c1C. The minimum atomic E-state index is -0.210. The lowest BCUT2D eigenvalue weighted by molar-refractivity contribution is -0.116. The summed E-state index contributed by atoms with van der Waals surface area (Å²) in [5.74, 6) is -0.210. The molecule has 0 unspecified atom stereocenters. The van der Waals surface area contributed by atoms with Gasteiger partial charge in [0.1, 0.15) is 12.1 Å². The molecule has 2 aromatic heterocycles. The second-order valence-corrected chi connectivity index (χ2v) is 6.95. The van der Waals surface area contributed by atoms with Crippen LogP contribution in [0.15, 0.2) is 35.4 Å². The molecular formula is C20H22N4O2. The molecule has 3 aromatic rings. The van der Waals surface area contributed by atoms with Crippen LogP contribution >= 0.6 is 0 Å². The van der Waals surface area contributed by atoms with Crippen molar-refractivity contribution in [1.29, 1.82) is 0 Å². The smallest absolute Gasteiger partial charge is 0.277 e. The van der Waals surface area contributed by atoms with Gasteiger partial charge in [-0.05, 0) is 56.7 Å². The van der Waals surface area contributed by atoms with Gasteiger partial charge in [0.25, 0.3) is 5.56 Å². The lowest BCUT2D eigenvalue weighted by Gasteiger charge is -2.12. The number of aromatic nitrogens is 3. The lowest BCUT2D eigenvalue weighted by Crippen LogP contribution is -2.28. The van der Waals surface area contributed by atoms with Crippen LogP contribution < -0.4 is 10.9 Å². The van der Waals surface area contributed by atoms with E-state index in [9.17, 15) is 9.59 Å². The first-order chi connectivity index (χ1) is 12.5. The van der Waals surface area contributed by atoms with E-state index in [0.717, 1.165) is 53.8 Å². The number of nitrogens with one attached hydrogen (secondary N) is 1. The molecule has 0 saturated heterocycles. The monoisotopic (exact) mass is 350 g/mol. The predicted octanol–water partition coefficient (Wildman–Crippen LogP) is 2.63. The summed E-state index contributed by atoms with van der Waals surface area (Å²) in [6.45, 7) is 3.97. The van der Waals surface area contributed by atoms with Gasteiger partial charge in [-0.25, -0.2) is 4.52 Å². The van der Waals surface area contributed by atoms with Crippen molar-refractivity contribution < 1.29 is 4.79 Å². The number of nitrogens with zero attached hydrogens (tertiary/aromatic N) is 3. The van der Waals surface area contributed by atoms with E-state index in [4.69, 9.17) is 0 Å². The summed E-state index contributed by atoms with van der Waals surface area (Å²) in [6.07, 6.45) is 7.40. The number of carbonyl (C=O) groups is 1. The largest absolute Gasteiger partial charge is 0.324 e. The Morgan fingerprint density at radius 3 is 2.85 bits per heavy atom. The fraction of sp³-hybridized carbons (Fsp3) is 0.350. The van der Waals surface area contributed by atoms with Crippen LogP contribution in [-0.2, 0) is 24.2 Å². The van der Waals surface area contributed by atoms with Crippen LogP contribution in [0.1, 0.15) is 35.2 Å². The van der Waals surface area contributed by atoms with Gasteiger partial charge in [-0.2, -0.15) is 5.10 Å². The molecule has 1 aliphatic rings. The highest BCUT2D eigenvalue weighted by Gasteiger charge is 2.20. The van der Waals surface area contributed by atoms with Gasteiger partial charge in [-0.1, -0.05) is 12.1 Å². The molecule has 0 spiro atoms. The number of benzene rings is 1. The molecule has 0 bridgehead atoms. The number of hydrogen-bond donors (Lipinski definition) is 1. The van der Waals surface area contributed by atoms with E-state index < -0.39 is 0 Å². The highest BCUT2D eigenvalue weighted by atomic mass is 16.2. The summed E-state index contributed by atoms with van der Waals surface area (Å²) in [7, 11) is 0. The molecule has 6 heteroatoms. The number of fused-ring (bicyclic) bond motifs is 3. The first-order valence-electron chi connectivity index (χ1n) is 9.00. The van der Waals surface area contributed by atoms with Gasteiger partial charge in [0.2, 0.25) is 5.91 Å². The van der Waals surface area contributed by atoms with E-state index >= 15 is 0 Å². The number of aryl methyl sites for hydroxylation is 3. The topological polar surface area (TPSA) is 68.4 Å². The lowest BCUT2D eigenvalue weighted by atomic mass is 9.97. The molecule has 26 heavy (non-hydrogen) atoms. The molecule has 1 aromatic carbocycles. The zero-order valence-corrected chi connectivity index (χ0v) is 15.1. The molecule has 4 rings (SSSR count). The molecule has 1 aliphatic carbocycles. The molecule has 1 N–H and O–H groups in total. The van der Waals surface area contributed by atoms with Crippen molar-refractivity contribution in [2.45, 2.75) is 46.1 Å². The van der Waals surface area contributed by atoms with Crippen LogP contribution in [-0.4, -0.2) is 20.1 Å². The Morgan fingerprint density at radius 1 is 1.19 bits per heavy atom. The molecular weight excluding hydrogens is 328 g/mol. The standard InChI is InChI=1S/C20H22N4O2/c1-13-6-5-9-16(14(13)2)21-18(25)12-23-10-11-24-19(20(23)26)15-7-3-4-8-17(15)22-24/h5-6,9-11H,3-4,7-8,12H2,1-2H3,(H,21,25). The Morgan fingerprint density at radius 2 is 2.00 bits per heavy atom. The average molecular weight is 350 g/mol. The second-order valence-electron chi connectivity index (χ2n) is 6.95. The molecule has 0 fully saturated rings. The van der Waals surface area contributed by atoms with Crippen molar-refractivity contribution in [2.75, 3.05) is 5.32 Å². The van der Waals surface area contributed by atoms with Crippen LogP contribution in [0.2, 0.25) is 0 Å². The maximum absolute atomic E-state index is 12.9. The van der Waals surface area contributed by atoms with Gasteiger partial charge in [-0.3, -0.25) is 9.59 Å². The number of carbonyl (C=O) groups excluding carboxylic acids is 1. The maximum Gasteiger partial charge on any atom is 0.277 e. The Labute approximate surface area is 151 Å². The second kappa shape index (κ2) is 6.44. The molecule has 0 atom stereocenters. The van der Waals surface area contributed by atoms with E-state index in [0.29, 0.717) is 5.52 Å². The Kier molecular flexibility index (Phi) is 4.11. The van der Waals surface area contributed by atoms with Gasteiger partial charge in [-0.15, -0.1) is 0 Å². The molecule has 0 aliphatic heterocycles. The first kappa shape index (κ1) is 16.6. The normalized spacial score (nSPS) is 13.6. The van der Waals surface area contributed by atoms with Gasteiger partial charge in [0, 0.05) is 23.6 Å². The van der Waals surface area contributed by atoms with Crippen molar-refractivity contribution >= 4 is 17.1 Å². The third-order valence-corrected chi connectivity index (χ3v) is 5.23. The highest BCUT2D eigenvalue weighted by molar-refractivity contribution is 5.91. The summed E-state index contributed by atoms with van der Waals surface area (Å²) >= 11 is 0. The van der Waals surface area contributed by atoms with Crippen molar-refractivity contribution in [2.24, 2.45) is 0 Å². The van der Waals surface area contributed by atoms with Crippen LogP contribution in [0.3, 0.4) is 0 Å². The number of hydrogen-bond acceptors (Lipinski definition) is 3. The molecule has 6 nitrogen and oxygen atoms in total. The van der Waals surface area contributed by atoms with Crippen molar-refractivity contribution in [3.8, 4) is 0 Å². The zero-order chi connectivity index (χ0) is 18.3. The minimum Gasteiger partial charge on any atom is -0.324 e. The first-order valence-corrected chi connectivity index (χ1v) is 9.00. The fourth-order valence-corrected chi connectivity index (χ4v) is 3.61. The fourth-order valence-electron chi connectivity index (χ4n) is 3.61. The van der Waals surface area contributed by atoms with E-state index in [1.54, 1.807) is 16.9 Å². The van der Waals surface area contributed by atoms with Crippen LogP contribution in [0.25, 0.3) is 5.52 Å². The minimum absolute atomic E-state index is 0.0112. The summed E-state index contributed by atoms with van der Waals surface area (Å²) in [6, 6.07) is 5.79. The van der Waals surface area contributed by atoms with Crippen LogP contribution in [0.4, 0.5) is 5.69 Å². The summed E-state index contributed by atoms with van der Waals surface area (Å²) in [5.41, 5.74) is 5.46. The summed E-state index contributed by atoms with van der Waals surface area (Å²) < 4.78 is 3.13. The average Bonchev–Trinajstić information content (AvgIpc) is 3.01. The highest BCUT2D eigenvalue weighted by Crippen LogP contribution is 2.22. The van der Waals surface area contributed by atoms with Gasteiger partial charge in [0.15, 0.2) is 0 Å². The predicted molar refractivity (Wildman–Crippen MR) is 101 cm³/mol. The van der Waals surface area contributed by atoms with Crippen molar-refractivity contribution in [3.63, 3.8) is 0 Å². The molecule has 2 heterocycles. The van der Waals surface area contributed by atoms with E-state index in [1.165, 1.54) is 4.57 Å². The third kappa shape index (κ3) is 2.81. The van der Waals surface area contributed by atoms with Gasteiger partial charge >= 0.3 is 0 Å². The van der Waals surface area contributed by atoms with Gasteiger partial charge < -0.3 is 9.88 Å². The summed E-state index contributed by atoms with van der Waals surface area (Å²) in [4.78, 5) is 25.4. The van der Waals surface area contributed by atoms with E-state index in [-0.39, 0.29) is 18.0 Å². The van der Waals surface area contributed by atoms with Crippen LogP contribution in [0.5, 0.6) is 0 Å². The summed E-state index contributed by atoms with van der Waals surface area (Å²) in [5, 5.41) is 7.44. The zero-order valence-electron chi connectivity index (χ0n) is 15.1. The molecule has 134 valence electrons. The van der Waals surface area contributed by atoms with Gasteiger partial charge in [0.05, 0.1) is 5.69 Å². The molecule has 1 amide bonds. The van der Waals surface area contributed by atoms with E-state index in [1.807, 2.05) is 32.0 Å². The third-order valence-electron chi connectivity index (χ3n) is 5.23. The quantitative estimate of drug-likeness (QED) is 0.789.